The molecule has 0 aliphatic carbocycles. The van der Waals surface area contributed by atoms with E-state index in [9.17, 15) is 13.2 Å². The molecule has 0 N–H and O–H groups in total. The lowest BCUT2D eigenvalue weighted by Gasteiger charge is -2.31. The molecule has 0 spiro atoms. The smallest absolute Gasteiger partial charge is 0.242 e. The molecule has 1 amide bonds. The minimum absolute atomic E-state index is 0.00217. The van der Waals surface area contributed by atoms with E-state index < -0.39 is 9.84 Å². The molecule has 142 valence electrons. The third-order valence-electron chi connectivity index (χ3n) is 5.47. The van der Waals surface area contributed by atoms with Crippen LogP contribution in [-0.2, 0) is 27.6 Å². The molecule has 1 atom stereocenters. The Balaban J connectivity index is 1.54. The Morgan fingerprint density at radius 3 is 2.56 bits per heavy atom. The first-order valence-electron chi connectivity index (χ1n) is 9.38. The predicted octanol–water partition coefficient (Wildman–Crippen LogP) is 2.27. The maximum Gasteiger partial charge on any atom is 0.242 e. The number of benzene rings is 2. The van der Waals surface area contributed by atoms with Crippen LogP contribution in [0.4, 0.5) is 5.69 Å². The van der Waals surface area contributed by atoms with Crippen molar-refractivity contribution in [3.05, 3.63) is 65.7 Å². The standard InChI is InChI=1S/C21H24N2O3S/c24-21(15-22-12-10-18-8-4-5-9-20(18)22)23(14-17-6-2-1-3-7-17)19-11-13-27(25,26)16-19/h1-9,19H,10-16H2/t19-/m1/s1. The summed E-state index contributed by atoms with van der Waals surface area (Å²) < 4.78 is 24.0. The molecule has 0 aromatic heterocycles. The zero-order valence-corrected chi connectivity index (χ0v) is 16.1. The molecular formula is C21H24N2O3S. The highest BCUT2D eigenvalue weighted by Gasteiger charge is 2.35. The third kappa shape index (κ3) is 4.00. The van der Waals surface area contributed by atoms with Gasteiger partial charge < -0.3 is 9.80 Å². The fourth-order valence-corrected chi connectivity index (χ4v) is 5.78. The molecule has 2 aliphatic heterocycles. The number of sulfone groups is 1. The number of amides is 1. The van der Waals surface area contributed by atoms with Gasteiger partial charge in [0, 0.05) is 24.8 Å². The van der Waals surface area contributed by atoms with Crippen molar-refractivity contribution in [2.24, 2.45) is 0 Å². The van der Waals surface area contributed by atoms with Crippen molar-refractivity contribution in [2.75, 3.05) is 29.5 Å². The second-order valence-corrected chi connectivity index (χ2v) is 9.59. The van der Waals surface area contributed by atoms with Crippen LogP contribution in [0.15, 0.2) is 54.6 Å². The van der Waals surface area contributed by atoms with Gasteiger partial charge in [-0.1, -0.05) is 48.5 Å². The first kappa shape index (κ1) is 18.0. The number of nitrogens with zero attached hydrogens (tertiary/aromatic N) is 2. The lowest BCUT2D eigenvalue weighted by molar-refractivity contribution is -0.132. The van der Waals surface area contributed by atoms with Crippen LogP contribution in [0.25, 0.3) is 0 Å². The molecule has 27 heavy (non-hydrogen) atoms. The fourth-order valence-electron chi connectivity index (χ4n) is 4.05. The van der Waals surface area contributed by atoms with E-state index in [4.69, 9.17) is 0 Å². The minimum atomic E-state index is -3.05. The number of para-hydroxylation sites is 1. The zero-order chi connectivity index (χ0) is 18.9. The number of fused-ring (bicyclic) bond motifs is 1. The van der Waals surface area contributed by atoms with Crippen LogP contribution in [-0.4, -0.2) is 49.9 Å². The van der Waals surface area contributed by atoms with Gasteiger partial charge in [0.2, 0.25) is 5.91 Å². The van der Waals surface area contributed by atoms with Gasteiger partial charge in [0.25, 0.3) is 0 Å². The molecule has 5 nitrogen and oxygen atoms in total. The highest BCUT2D eigenvalue weighted by molar-refractivity contribution is 7.91. The average molecular weight is 385 g/mol. The van der Waals surface area contributed by atoms with Crippen molar-refractivity contribution in [1.82, 2.24) is 4.90 Å². The predicted molar refractivity (Wildman–Crippen MR) is 106 cm³/mol. The normalized spacial score (nSPS) is 20.4. The number of hydrogen-bond donors (Lipinski definition) is 0. The quantitative estimate of drug-likeness (QED) is 0.794. The van der Waals surface area contributed by atoms with Crippen molar-refractivity contribution >= 4 is 21.4 Å². The largest absolute Gasteiger partial charge is 0.362 e. The Bertz CT molecular complexity index is 927. The second kappa shape index (κ2) is 7.35. The Kier molecular flexibility index (Phi) is 4.91. The van der Waals surface area contributed by atoms with Gasteiger partial charge >= 0.3 is 0 Å². The summed E-state index contributed by atoms with van der Waals surface area (Å²) in [5, 5.41) is 0. The van der Waals surface area contributed by atoms with E-state index in [0.29, 0.717) is 19.5 Å². The molecule has 2 aromatic rings. The Labute approximate surface area is 160 Å². The molecular weight excluding hydrogens is 360 g/mol. The molecule has 0 unspecified atom stereocenters. The number of carbonyl (C=O) groups is 1. The van der Waals surface area contributed by atoms with Crippen molar-refractivity contribution < 1.29 is 13.2 Å². The van der Waals surface area contributed by atoms with E-state index in [-0.39, 0.29) is 23.5 Å². The van der Waals surface area contributed by atoms with Gasteiger partial charge in [-0.2, -0.15) is 0 Å². The van der Waals surface area contributed by atoms with Gasteiger partial charge in [0.1, 0.15) is 0 Å². The van der Waals surface area contributed by atoms with Crippen LogP contribution in [0.2, 0.25) is 0 Å². The molecule has 0 radical (unpaired) electrons. The maximum absolute atomic E-state index is 13.2. The van der Waals surface area contributed by atoms with Crippen LogP contribution < -0.4 is 4.90 Å². The van der Waals surface area contributed by atoms with Crippen LogP contribution >= 0.6 is 0 Å². The summed E-state index contributed by atoms with van der Waals surface area (Å²) in [7, 11) is -3.05. The van der Waals surface area contributed by atoms with Crippen LogP contribution in [0.3, 0.4) is 0 Å². The number of carbonyl (C=O) groups excluding carboxylic acids is 1. The average Bonchev–Trinajstić information content (AvgIpc) is 3.23. The lowest BCUT2D eigenvalue weighted by atomic mass is 10.1. The second-order valence-electron chi connectivity index (χ2n) is 7.36. The molecule has 1 fully saturated rings. The topological polar surface area (TPSA) is 57.7 Å². The Morgan fingerprint density at radius 1 is 1.07 bits per heavy atom. The SMILES string of the molecule is O=C(CN1CCc2ccccc21)N(Cc1ccccc1)[C@@H]1CCS(=O)(=O)C1. The number of rotatable bonds is 5. The van der Waals surface area contributed by atoms with E-state index in [0.717, 1.165) is 24.2 Å². The maximum atomic E-state index is 13.2. The van der Waals surface area contributed by atoms with Gasteiger partial charge in [-0.05, 0) is 30.0 Å². The third-order valence-corrected chi connectivity index (χ3v) is 7.23. The van der Waals surface area contributed by atoms with E-state index in [1.54, 1.807) is 4.90 Å². The summed E-state index contributed by atoms with van der Waals surface area (Å²) in [6.07, 6.45) is 1.47. The molecule has 2 aromatic carbocycles. The lowest BCUT2D eigenvalue weighted by Crippen LogP contribution is -2.45. The summed E-state index contributed by atoms with van der Waals surface area (Å²) in [5.74, 6) is 0.239. The fraction of sp³-hybridized carbons (Fsp3) is 0.381. The molecule has 0 saturated carbocycles. The van der Waals surface area contributed by atoms with Gasteiger partial charge in [-0.25, -0.2) is 8.42 Å². The molecule has 6 heteroatoms. The summed E-state index contributed by atoms with van der Waals surface area (Å²) >= 11 is 0. The van der Waals surface area contributed by atoms with Gasteiger partial charge in [-0.3, -0.25) is 4.79 Å². The van der Waals surface area contributed by atoms with Gasteiger partial charge in [0.15, 0.2) is 9.84 Å². The van der Waals surface area contributed by atoms with Crippen molar-refractivity contribution in [3.8, 4) is 0 Å². The molecule has 0 bridgehead atoms. The zero-order valence-electron chi connectivity index (χ0n) is 15.3. The summed E-state index contributed by atoms with van der Waals surface area (Å²) in [5.41, 5.74) is 3.41. The van der Waals surface area contributed by atoms with Crippen LogP contribution in [0, 0.1) is 0 Å². The first-order valence-corrected chi connectivity index (χ1v) is 11.2. The van der Waals surface area contributed by atoms with Crippen LogP contribution in [0.1, 0.15) is 17.5 Å². The highest BCUT2D eigenvalue weighted by atomic mass is 32.2. The molecule has 2 heterocycles. The first-order chi connectivity index (χ1) is 13.0. The van der Waals surface area contributed by atoms with Crippen molar-refractivity contribution in [3.63, 3.8) is 0 Å². The van der Waals surface area contributed by atoms with E-state index in [2.05, 4.69) is 17.0 Å². The van der Waals surface area contributed by atoms with Crippen molar-refractivity contribution in [2.45, 2.75) is 25.4 Å². The summed E-state index contributed by atoms with van der Waals surface area (Å²) in [6, 6.07) is 17.7. The van der Waals surface area contributed by atoms with E-state index >= 15 is 0 Å². The number of hydrogen-bond acceptors (Lipinski definition) is 4. The summed E-state index contributed by atoms with van der Waals surface area (Å²) in [4.78, 5) is 17.1. The van der Waals surface area contributed by atoms with Gasteiger partial charge in [-0.15, -0.1) is 0 Å². The van der Waals surface area contributed by atoms with Crippen LogP contribution in [0.5, 0.6) is 0 Å². The minimum Gasteiger partial charge on any atom is -0.362 e. The monoisotopic (exact) mass is 384 g/mol. The van der Waals surface area contributed by atoms with E-state index in [1.807, 2.05) is 42.5 Å². The molecule has 1 saturated heterocycles. The Hall–Kier alpha value is -2.34. The van der Waals surface area contributed by atoms with Gasteiger partial charge in [0.05, 0.1) is 18.1 Å². The molecule has 2 aliphatic rings. The highest BCUT2D eigenvalue weighted by Crippen LogP contribution is 2.28. The van der Waals surface area contributed by atoms with E-state index in [1.165, 1.54) is 5.56 Å². The van der Waals surface area contributed by atoms with Crippen molar-refractivity contribution in [1.29, 1.82) is 0 Å². The molecule has 4 rings (SSSR count). The summed E-state index contributed by atoms with van der Waals surface area (Å²) in [6.45, 7) is 1.57. The Morgan fingerprint density at radius 2 is 1.81 bits per heavy atom. The number of anilines is 1.